The van der Waals surface area contributed by atoms with Crippen molar-refractivity contribution in [2.24, 2.45) is 5.73 Å². The molecule has 1 aliphatic rings. The average Bonchev–Trinajstić information content (AvgIpc) is 2.60. The lowest BCUT2D eigenvalue weighted by Crippen LogP contribution is -2.45. The summed E-state index contributed by atoms with van der Waals surface area (Å²) >= 11 is 0. The number of rotatable bonds is 3. The number of fused-ring (bicyclic) bond motifs is 1. The summed E-state index contributed by atoms with van der Waals surface area (Å²) in [5.41, 5.74) is 5.01. The molecule has 0 aromatic heterocycles. The molecule has 98 valence electrons. The second kappa shape index (κ2) is 4.20. The molecule has 0 bridgehead atoms. The zero-order valence-corrected chi connectivity index (χ0v) is 9.91. The van der Waals surface area contributed by atoms with Gasteiger partial charge in [0.1, 0.15) is 6.04 Å². The minimum absolute atomic E-state index is 0.0296. The quantitative estimate of drug-likeness (QED) is 0.735. The van der Waals surface area contributed by atoms with Crippen LogP contribution < -0.4 is 5.73 Å². The van der Waals surface area contributed by atoms with Gasteiger partial charge < -0.3 is 10.8 Å². The van der Waals surface area contributed by atoms with Gasteiger partial charge in [0, 0.05) is 0 Å². The highest BCUT2D eigenvalue weighted by molar-refractivity contribution is 6.23. The Balaban J connectivity index is 2.50. The van der Waals surface area contributed by atoms with Gasteiger partial charge in [-0.3, -0.25) is 19.3 Å². The van der Waals surface area contributed by atoms with Gasteiger partial charge in [0.25, 0.3) is 11.8 Å². The molecule has 0 spiro atoms. The highest BCUT2D eigenvalue weighted by Crippen LogP contribution is 2.25. The van der Waals surface area contributed by atoms with Crippen molar-refractivity contribution in [1.82, 2.24) is 4.90 Å². The number of hydrogen-bond donors (Lipinski definition) is 2. The molecule has 1 aliphatic heterocycles. The topological polar surface area (TPSA) is 118 Å². The van der Waals surface area contributed by atoms with Crippen molar-refractivity contribution in [2.45, 2.75) is 13.0 Å². The Kier molecular flexibility index (Phi) is 2.82. The zero-order valence-electron chi connectivity index (χ0n) is 9.91. The lowest BCUT2D eigenvalue weighted by molar-refractivity contribution is -0.121. The molecular formula is C12H10N2O5. The molecule has 0 aliphatic carbocycles. The molecule has 0 fully saturated rings. The smallest absolute Gasteiger partial charge is 0.335 e. The largest absolute Gasteiger partial charge is 0.478 e. The number of nitrogens with two attached hydrogens (primary N) is 1. The normalized spacial score (nSPS) is 15.3. The van der Waals surface area contributed by atoms with Crippen molar-refractivity contribution in [3.8, 4) is 0 Å². The van der Waals surface area contributed by atoms with Crippen LogP contribution in [0.2, 0.25) is 0 Å². The lowest BCUT2D eigenvalue weighted by Gasteiger charge is -2.18. The summed E-state index contributed by atoms with van der Waals surface area (Å²) in [6.45, 7) is 1.34. The van der Waals surface area contributed by atoms with Gasteiger partial charge in [-0.15, -0.1) is 0 Å². The number of hydrogen-bond acceptors (Lipinski definition) is 4. The first-order valence-electron chi connectivity index (χ1n) is 5.39. The van der Waals surface area contributed by atoms with Crippen LogP contribution in [0.15, 0.2) is 18.2 Å². The fraction of sp³-hybridized carbons (Fsp3) is 0.167. The van der Waals surface area contributed by atoms with E-state index >= 15 is 0 Å². The maximum atomic E-state index is 12.0. The summed E-state index contributed by atoms with van der Waals surface area (Å²) in [7, 11) is 0. The molecule has 3 N–H and O–H groups in total. The van der Waals surface area contributed by atoms with E-state index in [-0.39, 0.29) is 16.7 Å². The molecule has 7 nitrogen and oxygen atoms in total. The van der Waals surface area contributed by atoms with Gasteiger partial charge >= 0.3 is 5.97 Å². The molecule has 3 amide bonds. The SMILES string of the molecule is CC(C(N)=O)N1C(=O)c2ccc(C(=O)O)cc2C1=O. The highest BCUT2D eigenvalue weighted by atomic mass is 16.4. The summed E-state index contributed by atoms with van der Waals surface area (Å²) in [4.78, 5) is 46.7. The molecule has 19 heavy (non-hydrogen) atoms. The molecule has 1 heterocycles. The Morgan fingerprint density at radius 2 is 1.79 bits per heavy atom. The van der Waals surface area contributed by atoms with Crippen molar-refractivity contribution >= 4 is 23.7 Å². The van der Waals surface area contributed by atoms with Crippen LogP contribution in [-0.4, -0.2) is 39.7 Å². The number of benzene rings is 1. The Hall–Kier alpha value is -2.70. The van der Waals surface area contributed by atoms with E-state index in [2.05, 4.69) is 0 Å². The molecule has 1 aromatic rings. The molecule has 0 radical (unpaired) electrons. The van der Waals surface area contributed by atoms with E-state index in [1.165, 1.54) is 19.1 Å². The number of aromatic carboxylic acids is 1. The first kappa shape index (κ1) is 12.7. The third-order valence-electron chi connectivity index (χ3n) is 2.96. The van der Waals surface area contributed by atoms with Gasteiger partial charge in [-0.05, 0) is 25.1 Å². The van der Waals surface area contributed by atoms with E-state index in [1.54, 1.807) is 0 Å². The summed E-state index contributed by atoms with van der Waals surface area (Å²) in [5, 5.41) is 8.85. The number of carboxylic acids is 1. The molecule has 1 atom stereocenters. The number of carboxylic acid groups (broad SMARTS) is 1. The van der Waals surface area contributed by atoms with Gasteiger partial charge in [0.2, 0.25) is 5.91 Å². The van der Waals surface area contributed by atoms with E-state index in [9.17, 15) is 19.2 Å². The van der Waals surface area contributed by atoms with Crippen molar-refractivity contribution in [1.29, 1.82) is 0 Å². The van der Waals surface area contributed by atoms with Crippen LogP contribution in [0.25, 0.3) is 0 Å². The van der Waals surface area contributed by atoms with Crippen LogP contribution >= 0.6 is 0 Å². The van der Waals surface area contributed by atoms with E-state index < -0.39 is 29.7 Å². The van der Waals surface area contributed by atoms with Crippen molar-refractivity contribution in [3.63, 3.8) is 0 Å². The Labute approximate surface area is 107 Å². The third kappa shape index (κ3) is 1.85. The van der Waals surface area contributed by atoms with Crippen molar-refractivity contribution in [2.75, 3.05) is 0 Å². The average molecular weight is 262 g/mol. The maximum Gasteiger partial charge on any atom is 0.335 e. The van der Waals surface area contributed by atoms with Gasteiger partial charge in [-0.25, -0.2) is 4.79 Å². The van der Waals surface area contributed by atoms with Crippen LogP contribution in [0.3, 0.4) is 0 Å². The molecule has 1 unspecified atom stereocenters. The first-order valence-corrected chi connectivity index (χ1v) is 5.39. The summed E-state index contributed by atoms with van der Waals surface area (Å²) in [6.07, 6.45) is 0. The number of carbonyl (C=O) groups is 4. The zero-order chi connectivity index (χ0) is 14.3. The van der Waals surface area contributed by atoms with Crippen molar-refractivity contribution < 1.29 is 24.3 Å². The number of amides is 3. The Morgan fingerprint density at radius 3 is 2.32 bits per heavy atom. The van der Waals surface area contributed by atoms with E-state index in [0.717, 1.165) is 11.0 Å². The monoisotopic (exact) mass is 262 g/mol. The summed E-state index contributed by atoms with van der Waals surface area (Å²) < 4.78 is 0. The highest BCUT2D eigenvalue weighted by Gasteiger charge is 2.40. The van der Waals surface area contributed by atoms with Crippen LogP contribution in [0.5, 0.6) is 0 Å². The minimum atomic E-state index is -1.20. The van der Waals surface area contributed by atoms with E-state index in [0.29, 0.717) is 0 Å². The molecule has 1 aromatic carbocycles. The van der Waals surface area contributed by atoms with Crippen molar-refractivity contribution in [3.05, 3.63) is 34.9 Å². The second-order valence-corrected chi connectivity index (χ2v) is 4.12. The Bertz CT molecular complexity index is 623. The van der Waals surface area contributed by atoms with Gasteiger partial charge in [0.05, 0.1) is 16.7 Å². The Morgan fingerprint density at radius 1 is 1.21 bits per heavy atom. The maximum absolute atomic E-state index is 12.0. The standard InChI is InChI=1S/C12H10N2O5/c1-5(9(13)15)14-10(16)7-3-2-6(12(18)19)4-8(7)11(14)17/h2-5H,1H3,(H2,13,15)(H,18,19). The summed E-state index contributed by atoms with van der Waals surface area (Å²) in [5.74, 6) is -3.38. The molecule has 7 heteroatoms. The fourth-order valence-corrected chi connectivity index (χ4v) is 1.87. The second-order valence-electron chi connectivity index (χ2n) is 4.12. The van der Waals surface area contributed by atoms with Crippen LogP contribution in [0.4, 0.5) is 0 Å². The predicted molar refractivity (Wildman–Crippen MR) is 62.6 cm³/mol. The number of imide groups is 1. The minimum Gasteiger partial charge on any atom is -0.478 e. The van der Waals surface area contributed by atoms with Gasteiger partial charge in [-0.1, -0.05) is 0 Å². The predicted octanol–water partition coefficient (Wildman–Crippen LogP) is -0.145. The van der Waals surface area contributed by atoms with Crippen LogP contribution in [0.1, 0.15) is 38.0 Å². The van der Waals surface area contributed by atoms with Gasteiger partial charge in [0.15, 0.2) is 0 Å². The molecule has 0 saturated carbocycles. The molecular weight excluding hydrogens is 252 g/mol. The van der Waals surface area contributed by atoms with Gasteiger partial charge in [-0.2, -0.15) is 0 Å². The number of primary amides is 1. The lowest BCUT2D eigenvalue weighted by atomic mass is 10.1. The number of nitrogens with zero attached hydrogens (tertiary/aromatic N) is 1. The first-order chi connectivity index (χ1) is 8.84. The third-order valence-corrected chi connectivity index (χ3v) is 2.96. The molecule has 0 saturated heterocycles. The number of carbonyl (C=O) groups excluding carboxylic acids is 3. The van der Waals surface area contributed by atoms with E-state index in [4.69, 9.17) is 10.8 Å². The fourth-order valence-electron chi connectivity index (χ4n) is 1.87. The van der Waals surface area contributed by atoms with E-state index in [1.807, 2.05) is 0 Å². The van der Waals surface area contributed by atoms with Crippen LogP contribution in [-0.2, 0) is 4.79 Å². The van der Waals surface area contributed by atoms with Crippen LogP contribution in [0, 0.1) is 0 Å². The molecule has 2 rings (SSSR count). The summed E-state index contributed by atoms with van der Waals surface area (Å²) in [6, 6.07) is 2.52.